The largest absolute Gasteiger partial charge is 0.496 e. The second-order valence-electron chi connectivity index (χ2n) is 6.63. The van der Waals surface area contributed by atoms with Gasteiger partial charge in [0.05, 0.1) is 12.5 Å². The third-order valence-corrected chi connectivity index (χ3v) is 5.82. The van der Waals surface area contributed by atoms with Crippen LogP contribution in [-0.2, 0) is 0 Å². The van der Waals surface area contributed by atoms with E-state index >= 15 is 0 Å². The van der Waals surface area contributed by atoms with E-state index in [1.807, 2.05) is 57.2 Å². The number of nitrogens with one attached hydrogen (secondary N) is 1. The lowest BCUT2D eigenvalue weighted by atomic mass is 10.0. The maximum Gasteiger partial charge on any atom is 0.260 e. The van der Waals surface area contributed by atoms with Gasteiger partial charge in [0.25, 0.3) is 5.56 Å². The van der Waals surface area contributed by atoms with E-state index in [9.17, 15) is 4.79 Å². The minimum Gasteiger partial charge on any atom is -0.496 e. The zero-order valence-corrected chi connectivity index (χ0v) is 16.5. The first-order valence-corrected chi connectivity index (χ1v) is 9.55. The van der Waals surface area contributed by atoms with Crippen LogP contribution in [0.3, 0.4) is 0 Å². The highest BCUT2D eigenvalue weighted by Crippen LogP contribution is 2.37. The molecule has 2 aromatic carbocycles. The second-order valence-corrected chi connectivity index (χ2v) is 7.83. The fourth-order valence-electron chi connectivity index (χ4n) is 3.47. The van der Waals surface area contributed by atoms with Gasteiger partial charge >= 0.3 is 0 Å². The molecule has 4 aromatic rings. The van der Waals surface area contributed by atoms with Crippen molar-refractivity contribution in [3.8, 4) is 28.3 Å². The lowest BCUT2D eigenvalue weighted by Gasteiger charge is -2.08. The number of hydrogen-bond acceptors (Lipinski definition) is 4. The molecule has 0 aliphatic carbocycles. The van der Waals surface area contributed by atoms with Crippen molar-refractivity contribution in [2.24, 2.45) is 0 Å². The van der Waals surface area contributed by atoms with Crippen molar-refractivity contribution in [3.63, 3.8) is 0 Å². The fourth-order valence-corrected chi connectivity index (χ4v) is 4.51. The van der Waals surface area contributed by atoms with Crippen molar-refractivity contribution in [2.45, 2.75) is 20.8 Å². The summed E-state index contributed by atoms with van der Waals surface area (Å²) in [4.78, 5) is 22.6. The topological polar surface area (TPSA) is 55.0 Å². The molecule has 0 unspecified atom stereocenters. The van der Waals surface area contributed by atoms with Crippen LogP contribution in [0.2, 0.25) is 0 Å². The lowest BCUT2D eigenvalue weighted by molar-refractivity contribution is 0.412. The summed E-state index contributed by atoms with van der Waals surface area (Å²) >= 11 is 1.56. The molecule has 27 heavy (non-hydrogen) atoms. The summed E-state index contributed by atoms with van der Waals surface area (Å²) < 4.78 is 5.36. The molecule has 0 aliphatic heterocycles. The normalized spacial score (nSPS) is 11.1. The number of fused-ring (bicyclic) bond motifs is 1. The van der Waals surface area contributed by atoms with E-state index in [2.05, 4.69) is 11.1 Å². The molecule has 4 nitrogen and oxygen atoms in total. The summed E-state index contributed by atoms with van der Waals surface area (Å²) in [5.74, 6) is 1.45. The van der Waals surface area contributed by atoms with Gasteiger partial charge in [-0.05, 0) is 49.6 Å². The van der Waals surface area contributed by atoms with Gasteiger partial charge in [-0.1, -0.05) is 30.3 Å². The Morgan fingerprint density at radius 1 is 1.04 bits per heavy atom. The number of aryl methyl sites for hydroxylation is 3. The zero-order chi connectivity index (χ0) is 19.1. The van der Waals surface area contributed by atoms with Gasteiger partial charge in [0.1, 0.15) is 16.4 Å². The number of rotatable bonds is 3. The van der Waals surface area contributed by atoms with E-state index in [-0.39, 0.29) is 5.56 Å². The number of aromatic amines is 1. The SMILES string of the molecule is COc1ccc(-c2c(C)sc3nc(-c4ccccc4C)[nH]c(=O)c23)cc1C. The molecule has 136 valence electrons. The van der Waals surface area contributed by atoms with Crippen LogP contribution in [0.4, 0.5) is 0 Å². The molecule has 0 fully saturated rings. The summed E-state index contributed by atoms with van der Waals surface area (Å²) in [5, 5.41) is 0.652. The summed E-state index contributed by atoms with van der Waals surface area (Å²) in [5.41, 5.74) is 4.92. The molecule has 0 saturated carbocycles. The van der Waals surface area contributed by atoms with Gasteiger partial charge in [0, 0.05) is 16.0 Å². The smallest absolute Gasteiger partial charge is 0.260 e. The van der Waals surface area contributed by atoms with E-state index in [0.717, 1.165) is 43.3 Å². The van der Waals surface area contributed by atoms with E-state index in [1.54, 1.807) is 18.4 Å². The number of aromatic nitrogens is 2. The van der Waals surface area contributed by atoms with Crippen LogP contribution in [0.1, 0.15) is 16.0 Å². The molecule has 4 rings (SSSR count). The Morgan fingerprint density at radius 2 is 1.81 bits per heavy atom. The van der Waals surface area contributed by atoms with Crippen molar-refractivity contribution in [2.75, 3.05) is 7.11 Å². The number of hydrogen-bond donors (Lipinski definition) is 1. The number of thiophene rings is 1. The van der Waals surface area contributed by atoms with Gasteiger partial charge in [0.2, 0.25) is 0 Å². The average molecular weight is 376 g/mol. The van der Waals surface area contributed by atoms with Gasteiger partial charge in [-0.3, -0.25) is 4.79 Å². The van der Waals surface area contributed by atoms with Gasteiger partial charge in [-0.15, -0.1) is 11.3 Å². The van der Waals surface area contributed by atoms with Gasteiger partial charge in [0.15, 0.2) is 0 Å². The Bertz CT molecular complexity index is 1220. The van der Waals surface area contributed by atoms with Crippen LogP contribution in [0.5, 0.6) is 5.75 Å². The Morgan fingerprint density at radius 3 is 2.52 bits per heavy atom. The zero-order valence-electron chi connectivity index (χ0n) is 15.7. The summed E-state index contributed by atoms with van der Waals surface area (Å²) in [7, 11) is 1.66. The summed E-state index contributed by atoms with van der Waals surface area (Å²) in [6.07, 6.45) is 0. The second kappa shape index (κ2) is 6.67. The van der Waals surface area contributed by atoms with Crippen LogP contribution in [0, 0.1) is 20.8 Å². The minimum atomic E-state index is -0.105. The number of ether oxygens (including phenoxy) is 1. The number of nitrogens with zero attached hydrogens (tertiary/aromatic N) is 1. The van der Waals surface area contributed by atoms with Crippen molar-refractivity contribution >= 4 is 21.6 Å². The van der Waals surface area contributed by atoms with E-state index in [1.165, 1.54) is 0 Å². The first-order chi connectivity index (χ1) is 13.0. The lowest BCUT2D eigenvalue weighted by Crippen LogP contribution is -2.09. The third kappa shape index (κ3) is 2.94. The molecular formula is C22H20N2O2S. The predicted octanol–water partition coefficient (Wildman–Crippen LogP) is 5.25. The molecule has 0 saturated heterocycles. The molecule has 0 amide bonds. The molecule has 2 aromatic heterocycles. The number of methoxy groups -OCH3 is 1. The summed E-state index contributed by atoms with van der Waals surface area (Å²) in [6.45, 7) is 6.06. The summed E-state index contributed by atoms with van der Waals surface area (Å²) in [6, 6.07) is 13.9. The van der Waals surface area contributed by atoms with Crippen LogP contribution in [0.15, 0.2) is 47.3 Å². The highest BCUT2D eigenvalue weighted by atomic mass is 32.1. The number of H-pyrrole nitrogens is 1. The quantitative estimate of drug-likeness (QED) is 0.531. The standard InChI is InChI=1S/C22H20N2O2S/c1-12-7-5-6-8-16(12)20-23-21(25)19-18(14(3)27-22(19)24-20)15-9-10-17(26-4)13(2)11-15/h5-11H,1-4H3,(H,23,24,25). The maximum atomic E-state index is 13.0. The van der Waals surface area contributed by atoms with Crippen molar-refractivity contribution in [1.82, 2.24) is 9.97 Å². The van der Waals surface area contributed by atoms with Gasteiger partial charge in [-0.2, -0.15) is 0 Å². The van der Waals surface area contributed by atoms with Crippen molar-refractivity contribution in [1.29, 1.82) is 0 Å². The van der Waals surface area contributed by atoms with Crippen LogP contribution >= 0.6 is 11.3 Å². The highest BCUT2D eigenvalue weighted by Gasteiger charge is 2.18. The molecule has 5 heteroatoms. The molecule has 0 atom stereocenters. The molecule has 1 N–H and O–H groups in total. The van der Waals surface area contributed by atoms with Crippen molar-refractivity contribution < 1.29 is 4.74 Å². The van der Waals surface area contributed by atoms with E-state index in [0.29, 0.717) is 11.2 Å². The molecular weight excluding hydrogens is 356 g/mol. The molecule has 0 aliphatic rings. The monoisotopic (exact) mass is 376 g/mol. The van der Waals surface area contributed by atoms with Crippen molar-refractivity contribution in [3.05, 3.63) is 68.8 Å². The molecule has 0 spiro atoms. The van der Waals surface area contributed by atoms with Crippen LogP contribution in [-0.4, -0.2) is 17.1 Å². The van der Waals surface area contributed by atoms with Gasteiger partial charge in [-0.25, -0.2) is 4.98 Å². The Kier molecular flexibility index (Phi) is 4.32. The molecule has 0 bridgehead atoms. The predicted molar refractivity (Wildman–Crippen MR) is 112 cm³/mol. The molecule has 0 radical (unpaired) electrons. The fraction of sp³-hybridized carbons (Fsp3) is 0.182. The Labute approximate surface area is 161 Å². The Hall–Kier alpha value is -2.92. The minimum absolute atomic E-state index is 0.105. The highest BCUT2D eigenvalue weighted by molar-refractivity contribution is 7.19. The molecule has 2 heterocycles. The van der Waals surface area contributed by atoms with E-state index < -0.39 is 0 Å². The Balaban J connectivity index is 1.95. The van der Waals surface area contributed by atoms with Gasteiger partial charge < -0.3 is 9.72 Å². The first kappa shape index (κ1) is 17.5. The van der Waals surface area contributed by atoms with E-state index in [4.69, 9.17) is 9.72 Å². The number of benzene rings is 2. The maximum absolute atomic E-state index is 13.0. The average Bonchev–Trinajstić information content (AvgIpc) is 2.98. The van der Waals surface area contributed by atoms with Crippen LogP contribution < -0.4 is 10.3 Å². The third-order valence-electron chi connectivity index (χ3n) is 4.82. The first-order valence-electron chi connectivity index (χ1n) is 8.74. The van der Waals surface area contributed by atoms with Crippen LogP contribution in [0.25, 0.3) is 32.7 Å².